The summed E-state index contributed by atoms with van der Waals surface area (Å²) in [5.41, 5.74) is 4.26. The average molecular weight is 464 g/mol. The first-order chi connectivity index (χ1) is 13.7. The van der Waals surface area contributed by atoms with Crippen LogP contribution in [0.1, 0.15) is 6.92 Å². The smallest absolute Gasteiger partial charge is 0.296 e. The Morgan fingerprint density at radius 1 is 0.900 bits per heavy atom. The quantitative estimate of drug-likeness (QED) is 0.207. The summed E-state index contributed by atoms with van der Waals surface area (Å²) in [4.78, 5) is 18.1. The van der Waals surface area contributed by atoms with Crippen molar-refractivity contribution in [1.82, 2.24) is 0 Å². The summed E-state index contributed by atoms with van der Waals surface area (Å²) in [7, 11) is -9.00. The van der Waals surface area contributed by atoms with E-state index in [1.165, 1.54) is 6.07 Å². The van der Waals surface area contributed by atoms with E-state index in [0.717, 1.165) is 24.3 Å². The molecule has 0 saturated heterocycles. The molecule has 14 nitrogen and oxygen atoms in total. The number of hydrogen-bond acceptors (Lipinski definition) is 10. The molecular weight excluding hydrogens is 448 g/mol. The van der Waals surface area contributed by atoms with Gasteiger partial charge in [0.2, 0.25) is 0 Å². The molecule has 0 bridgehead atoms. The molecule has 0 aliphatic heterocycles. The average Bonchev–Trinajstić information content (AvgIpc) is 2.61. The number of non-ortho nitro benzene ring substituents is 2. The molecule has 0 fully saturated rings. The molecule has 0 saturated carbocycles. The number of nitrogens with one attached hydrogen (secondary N) is 1. The molecule has 2 rings (SSSR count). The summed E-state index contributed by atoms with van der Waals surface area (Å²) in [6, 6.07) is 6.00. The molecule has 0 spiro atoms. The van der Waals surface area contributed by atoms with Gasteiger partial charge >= 0.3 is 0 Å². The Morgan fingerprint density at radius 2 is 1.33 bits per heavy atom. The second-order valence-electron chi connectivity index (χ2n) is 5.40. The first kappa shape index (κ1) is 24.7. The standard InChI is InChI=1S/C8H10N2O5S.C6H6N2O5S/c1-2-9-7-4-3-6(10(11)12)5-8(7)16(13,14)15;7-5-2-1-4(8(9)10)3-6(5)14(11,12)13/h3-5,9H,2H2,1H3,(H,13,14,15);1-3H,7H2,(H,11,12,13). The minimum absolute atomic E-state index is 0.135. The lowest BCUT2D eigenvalue weighted by molar-refractivity contribution is -0.385. The summed E-state index contributed by atoms with van der Waals surface area (Å²) in [5.74, 6) is 0. The van der Waals surface area contributed by atoms with Crippen LogP contribution in [0.5, 0.6) is 0 Å². The van der Waals surface area contributed by atoms with Gasteiger partial charge in [-0.1, -0.05) is 0 Å². The van der Waals surface area contributed by atoms with Crippen molar-refractivity contribution < 1.29 is 35.8 Å². The normalized spacial score (nSPS) is 11.2. The Labute approximate surface area is 170 Å². The van der Waals surface area contributed by atoms with Crippen LogP contribution in [0.15, 0.2) is 46.2 Å². The number of nitrogen functional groups attached to an aromatic ring is 1. The number of rotatable bonds is 6. The van der Waals surface area contributed by atoms with E-state index in [1.54, 1.807) is 6.92 Å². The highest BCUT2D eigenvalue weighted by Crippen LogP contribution is 2.26. The summed E-state index contributed by atoms with van der Waals surface area (Å²) >= 11 is 0. The van der Waals surface area contributed by atoms with Gasteiger partial charge in [-0.15, -0.1) is 0 Å². The van der Waals surface area contributed by atoms with Crippen LogP contribution in [0.2, 0.25) is 0 Å². The fourth-order valence-electron chi connectivity index (χ4n) is 2.03. The molecule has 0 heterocycles. The van der Waals surface area contributed by atoms with Crippen molar-refractivity contribution in [3.8, 4) is 0 Å². The molecule has 5 N–H and O–H groups in total. The molecule has 0 aliphatic rings. The van der Waals surface area contributed by atoms with Gasteiger partial charge in [-0.2, -0.15) is 16.8 Å². The highest BCUT2D eigenvalue weighted by molar-refractivity contribution is 7.86. The molecule has 164 valence electrons. The van der Waals surface area contributed by atoms with Crippen LogP contribution < -0.4 is 11.1 Å². The van der Waals surface area contributed by atoms with Crippen molar-refractivity contribution in [3.63, 3.8) is 0 Å². The number of nitrogens with two attached hydrogens (primary N) is 1. The molecule has 0 aliphatic carbocycles. The molecule has 0 amide bonds. The van der Waals surface area contributed by atoms with Crippen LogP contribution in [-0.2, 0) is 20.2 Å². The number of hydrogen-bond donors (Lipinski definition) is 4. The maximum atomic E-state index is 11.0. The van der Waals surface area contributed by atoms with Crippen molar-refractivity contribution in [1.29, 1.82) is 0 Å². The van der Waals surface area contributed by atoms with Gasteiger partial charge in [-0.3, -0.25) is 29.3 Å². The molecule has 2 aromatic carbocycles. The van der Waals surface area contributed by atoms with E-state index in [0.29, 0.717) is 12.6 Å². The summed E-state index contributed by atoms with van der Waals surface area (Å²) in [5, 5.41) is 23.4. The lowest BCUT2D eigenvalue weighted by Gasteiger charge is -2.07. The van der Waals surface area contributed by atoms with Crippen LogP contribution in [-0.4, -0.2) is 42.3 Å². The van der Waals surface area contributed by atoms with E-state index in [-0.39, 0.29) is 11.4 Å². The third-order valence-electron chi connectivity index (χ3n) is 3.31. The van der Waals surface area contributed by atoms with Gasteiger partial charge in [0.05, 0.1) is 21.2 Å². The Hall–Kier alpha value is -3.34. The van der Waals surface area contributed by atoms with E-state index in [9.17, 15) is 37.1 Å². The maximum Gasteiger partial charge on any atom is 0.296 e. The molecule has 16 heteroatoms. The highest BCUT2D eigenvalue weighted by atomic mass is 32.2. The topological polar surface area (TPSA) is 233 Å². The zero-order valence-electron chi connectivity index (χ0n) is 15.1. The highest BCUT2D eigenvalue weighted by Gasteiger charge is 2.20. The number of anilines is 2. The van der Waals surface area contributed by atoms with E-state index < -0.39 is 51.2 Å². The minimum Gasteiger partial charge on any atom is -0.398 e. The zero-order valence-corrected chi connectivity index (χ0v) is 16.8. The fourth-order valence-corrected chi connectivity index (χ4v) is 3.36. The van der Waals surface area contributed by atoms with Gasteiger partial charge in [0.1, 0.15) is 9.79 Å². The lowest BCUT2D eigenvalue weighted by Crippen LogP contribution is -2.06. The molecular formula is C14H16N4O10S2. The predicted molar refractivity (Wildman–Crippen MR) is 104 cm³/mol. The van der Waals surface area contributed by atoms with E-state index in [1.807, 2.05) is 0 Å². The van der Waals surface area contributed by atoms with Crippen LogP contribution in [0.4, 0.5) is 22.7 Å². The Morgan fingerprint density at radius 3 is 1.73 bits per heavy atom. The molecule has 0 atom stereocenters. The summed E-state index contributed by atoms with van der Waals surface area (Å²) < 4.78 is 60.9. The van der Waals surface area contributed by atoms with Gasteiger partial charge in [0.25, 0.3) is 31.6 Å². The van der Waals surface area contributed by atoms with Crippen molar-refractivity contribution in [3.05, 3.63) is 56.6 Å². The number of benzene rings is 2. The minimum atomic E-state index is -4.52. The molecule has 30 heavy (non-hydrogen) atoms. The zero-order chi connectivity index (χ0) is 23.3. The van der Waals surface area contributed by atoms with Crippen molar-refractivity contribution in [2.45, 2.75) is 16.7 Å². The monoisotopic (exact) mass is 464 g/mol. The van der Waals surface area contributed by atoms with Crippen molar-refractivity contribution in [2.24, 2.45) is 0 Å². The van der Waals surface area contributed by atoms with Gasteiger partial charge in [-0.25, -0.2) is 0 Å². The Bertz CT molecular complexity index is 1180. The Kier molecular flexibility index (Phi) is 7.77. The molecule has 0 unspecified atom stereocenters. The SMILES string of the molecule is CCNc1ccc([N+](=O)[O-])cc1S(=O)(=O)O.Nc1ccc([N+](=O)[O-])cc1S(=O)(=O)O. The second kappa shape index (κ2) is 9.44. The van der Waals surface area contributed by atoms with E-state index in [2.05, 4.69) is 5.32 Å². The van der Waals surface area contributed by atoms with Gasteiger partial charge < -0.3 is 11.1 Å². The predicted octanol–water partition coefficient (Wildman–Crippen LogP) is 1.70. The second-order valence-corrected chi connectivity index (χ2v) is 8.18. The van der Waals surface area contributed by atoms with Crippen molar-refractivity contribution in [2.75, 3.05) is 17.6 Å². The van der Waals surface area contributed by atoms with Crippen LogP contribution in [0, 0.1) is 20.2 Å². The van der Waals surface area contributed by atoms with Crippen LogP contribution >= 0.6 is 0 Å². The van der Waals surface area contributed by atoms with Gasteiger partial charge in [-0.05, 0) is 19.1 Å². The number of nitro groups is 2. The lowest BCUT2D eigenvalue weighted by atomic mass is 10.3. The van der Waals surface area contributed by atoms with Crippen LogP contribution in [0.25, 0.3) is 0 Å². The third-order valence-corrected chi connectivity index (χ3v) is 5.11. The van der Waals surface area contributed by atoms with Crippen LogP contribution in [0.3, 0.4) is 0 Å². The maximum absolute atomic E-state index is 11.0. The van der Waals surface area contributed by atoms with E-state index in [4.69, 9.17) is 14.8 Å². The van der Waals surface area contributed by atoms with Gasteiger partial charge in [0, 0.05) is 30.8 Å². The largest absolute Gasteiger partial charge is 0.398 e. The first-order valence-electron chi connectivity index (χ1n) is 7.69. The van der Waals surface area contributed by atoms with Gasteiger partial charge in [0.15, 0.2) is 0 Å². The number of nitro benzene ring substituents is 2. The molecule has 2 aromatic rings. The molecule has 0 aromatic heterocycles. The van der Waals surface area contributed by atoms with Crippen molar-refractivity contribution >= 4 is 43.0 Å². The third kappa shape index (κ3) is 6.62. The number of nitrogens with zero attached hydrogens (tertiary/aromatic N) is 2. The summed E-state index contributed by atoms with van der Waals surface area (Å²) in [6.07, 6.45) is 0. The molecule has 0 radical (unpaired) electrons. The fraction of sp³-hybridized carbons (Fsp3) is 0.143. The first-order valence-corrected chi connectivity index (χ1v) is 10.6. The Balaban J connectivity index is 0.000000303. The summed E-state index contributed by atoms with van der Waals surface area (Å²) in [6.45, 7) is 2.16. The van der Waals surface area contributed by atoms with E-state index >= 15 is 0 Å².